The van der Waals surface area contributed by atoms with E-state index in [9.17, 15) is 0 Å². The summed E-state index contributed by atoms with van der Waals surface area (Å²) in [5, 5.41) is 3.32. The van der Waals surface area contributed by atoms with Crippen molar-refractivity contribution in [1.82, 2.24) is 5.32 Å². The Morgan fingerprint density at radius 3 is 2.27 bits per heavy atom. The van der Waals surface area contributed by atoms with Gasteiger partial charge in [-0.05, 0) is 31.2 Å². The lowest BCUT2D eigenvalue weighted by Gasteiger charge is -2.15. The van der Waals surface area contributed by atoms with Crippen LogP contribution in [0.3, 0.4) is 0 Å². The van der Waals surface area contributed by atoms with Gasteiger partial charge in [0.05, 0.1) is 7.11 Å². The van der Waals surface area contributed by atoms with Crippen molar-refractivity contribution in [2.45, 2.75) is 25.8 Å². The smallest absolute Gasteiger partial charge is 0.118 e. The molecule has 1 atom stereocenters. The largest absolute Gasteiger partial charge is 0.497 e. The van der Waals surface area contributed by atoms with E-state index in [2.05, 4.69) is 24.4 Å². The van der Waals surface area contributed by atoms with E-state index in [1.807, 2.05) is 19.2 Å². The number of hydrogen-bond donors (Lipinski definition) is 1. The van der Waals surface area contributed by atoms with Crippen LogP contribution in [-0.2, 0) is 0 Å². The van der Waals surface area contributed by atoms with Gasteiger partial charge in [0.15, 0.2) is 0 Å². The second-order valence-electron chi connectivity index (χ2n) is 3.40. The van der Waals surface area contributed by atoms with Crippen molar-refractivity contribution in [2.75, 3.05) is 14.2 Å². The molecule has 0 fully saturated rings. The number of halogens is 1. The van der Waals surface area contributed by atoms with Gasteiger partial charge in [0, 0.05) is 6.04 Å². The summed E-state index contributed by atoms with van der Waals surface area (Å²) in [5.41, 5.74) is 1.33. The van der Waals surface area contributed by atoms with Gasteiger partial charge in [-0.2, -0.15) is 0 Å². The van der Waals surface area contributed by atoms with E-state index in [4.69, 9.17) is 4.74 Å². The molecule has 1 N–H and O–H groups in total. The number of ether oxygens (including phenoxy) is 1. The standard InChI is InChI=1S/C12H19NO.ClH/c1-4-5-12(13-2)10-6-8-11(14-3)9-7-10;/h6-9,12-13H,4-5H2,1-3H3;1H. The van der Waals surface area contributed by atoms with Gasteiger partial charge in [0.1, 0.15) is 5.75 Å². The molecule has 0 bridgehead atoms. The summed E-state index contributed by atoms with van der Waals surface area (Å²) in [7, 11) is 3.70. The molecule has 1 rings (SSSR count). The van der Waals surface area contributed by atoms with Crippen molar-refractivity contribution >= 4 is 12.4 Å². The normalized spacial score (nSPS) is 11.7. The molecule has 86 valence electrons. The van der Waals surface area contributed by atoms with Crippen LogP contribution in [0.4, 0.5) is 0 Å². The number of rotatable bonds is 5. The average Bonchev–Trinajstić information content (AvgIpc) is 2.26. The number of nitrogens with one attached hydrogen (secondary N) is 1. The van der Waals surface area contributed by atoms with Crippen LogP contribution >= 0.6 is 12.4 Å². The van der Waals surface area contributed by atoms with Crippen LogP contribution in [0.5, 0.6) is 5.75 Å². The Labute approximate surface area is 98.4 Å². The lowest BCUT2D eigenvalue weighted by molar-refractivity contribution is 0.414. The number of benzene rings is 1. The lowest BCUT2D eigenvalue weighted by Crippen LogP contribution is -2.15. The highest BCUT2D eigenvalue weighted by Crippen LogP contribution is 2.20. The van der Waals surface area contributed by atoms with E-state index in [1.54, 1.807) is 7.11 Å². The van der Waals surface area contributed by atoms with Crippen LogP contribution in [0.2, 0.25) is 0 Å². The van der Waals surface area contributed by atoms with Gasteiger partial charge >= 0.3 is 0 Å². The predicted molar refractivity (Wildman–Crippen MR) is 67.0 cm³/mol. The minimum absolute atomic E-state index is 0. The fourth-order valence-electron chi connectivity index (χ4n) is 1.60. The fraction of sp³-hybridized carbons (Fsp3) is 0.500. The van der Waals surface area contributed by atoms with Crippen LogP contribution in [0.25, 0.3) is 0 Å². The first-order valence-corrected chi connectivity index (χ1v) is 5.13. The molecule has 1 aromatic rings. The maximum Gasteiger partial charge on any atom is 0.118 e. The molecule has 0 aliphatic heterocycles. The molecule has 0 aliphatic rings. The lowest BCUT2D eigenvalue weighted by atomic mass is 10.0. The monoisotopic (exact) mass is 229 g/mol. The molecule has 1 aromatic carbocycles. The third-order valence-electron chi connectivity index (χ3n) is 2.44. The molecule has 3 heteroatoms. The zero-order valence-electron chi connectivity index (χ0n) is 9.62. The first kappa shape index (κ1) is 14.3. The van der Waals surface area contributed by atoms with Crippen LogP contribution in [0.15, 0.2) is 24.3 Å². The van der Waals surface area contributed by atoms with E-state index in [1.165, 1.54) is 18.4 Å². The second-order valence-corrected chi connectivity index (χ2v) is 3.40. The number of hydrogen-bond acceptors (Lipinski definition) is 2. The summed E-state index contributed by atoms with van der Waals surface area (Å²) in [6.45, 7) is 2.20. The Bertz CT molecular complexity index is 261. The summed E-state index contributed by atoms with van der Waals surface area (Å²) in [5.74, 6) is 0.917. The summed E-state index contributed by atoms with van der Waals surface area (Å²) >= 11 is 0. The van der Waals surface area contributed by atoms with Crippen LogP contribution < -0.4 is 10.1 Å². The van der Waals surface area contributed by atoms with Crippen molar-refractivity contribution in [3.05, 3.63) is 29.8 Å². The molecule has 2 nitrogen and oxygen atoms in total. The van der Waals surface area contributed by atoms with Gasteiger partial charge in [0.2, 0.25) is 0 Å². The van der Waals surface area contributed by atoms with E-state index in [0.29, 0.717) is 6.04 Å². The highest BCUT2D eigenvalue weighted by atomic mass is 35.5. The molecular formula is C12H20ClNO. The Morgan fingerprint density at radius 1 is 1.27 bits per heavy atom. The Balaban J connectivity index is 0.00000196. The van der Waals surface area contributed by atoms with E-state index in [-0.39, 0.29) is 12.4 Å². The summed E-state index contributed by atoms with van der Waals surface area (Å²) in [6, 6.07) is 8.72. The van der Waals surface area contributed by atoms with Gasteiger partial charge in [-0.25, -0.2) is 0 Å². The molecule has 0 aliphatic carbocycles. The molecule has 1 unspecified atom stereocenters. The van der Waals surface area contributed by atoms with E-state index >= 15 is 0 Å². The molecule has 0 spiro atoms. The summed E-state index contributed by atoms with van der Waals surface area (Å²) in [6.07, 6.45) is 2.36. The molecule has 0 aromatic heterocycles. The average molecular weight is 230 g/mol. The highest BCUT2D eigenvalue weighted by molar-refractivity contribution is 5.85. The maximum atomic E-state index is 5.12. The quantitative estimate of drug-likeness (QED) is 0.838. The molecule has 0 saturated heterocycles. The van der Waals surface area contributed by atoms with Gasteiger partial charge in [-0.1, -0.05) is 25.5 Å². The Hall–Kier alpha value is -0.730. The van der Waals surface area contributed by atoms with Crippen molar-refractivity contribution in [3.8, 4) is 5.75 Å². The second kappa shape index (κ2) is 7.55. The highest BCUT2D eigenvalue weighted by Gasteiger charge is 2.06. The van der Waals surface area contributed by atoms with Crippen molar-refractivity contribution in [2.24, 2.45) is 0 Å². The SMILES string of the molecule is CCCC(NC)c1ccc(OC)cc1.Cl. The van der Waals surface area contributed by atoms with Gasteiger partial charge in [0.25, 0.3) is 0 Å². The Kier molecular flexibility index (Phi) is 7.18. The predicted octanol–water partition coefficient (Wildman–Crippen LogP) is 3.18. The molecule has 0 amide bonds. The van der Waals surface area contributed by atoms with Crippen LogP contribution in [-0.4, -0.2) is 14.2 Å². The number of methoxy groups -OCH3 is 1. The summed E-state index contributed by atoms with van der Waals surface area (Å²) < 4.78 is 5.12. The minimum Gasteiger partial charge on any atom is -0.497 e. The third kappa shape index (κ3) is 4.10. The maximum absolute atomic E-state index is 5.12. The molecular weight excluding hydrogens is 210 g/mol. The molecule has 15 heavy (non-hydrogen) atoms. The molecule has 0 radical (unpaired) electrons. The Morgan fingerprint density at radius 2 is 1.87 bits per heavy atom. The topological polar surface area (TPSA) is 21.3 Å². The van der Waals surface area contributed by atoms with Gasteiger partial charge in [-0.15, -0.1) is 12.4 Å². The molecule has 0 saturated carbocycles. The minimum atomic E-state index is 0. The van der Waals surface area contributed by atoms with Gasteiger partial charge < -0.3 is 10.1 Å². The van der Waals surface area contributed by atoms with Crippen LogP contribution in [0, 0.1) is 0 Å². The van der Waals surface area contributed by atoms with Gasteiger partial charge in [-0.3, -0.25) is 0 Å². The zero-order chi connectivity index (χ0) is 10.4. The zero-order valence-corrected chi connectivity index (χ0v) is 10.4. The van der Waals surface area contributed by atoms with E-state index in [0.717, 1.165) is 5.75 Å². The van der Waals surface area contributed by atoms with Crippen molar-refractivity contribution in [1.29, 1.82) is 0 Å². The summed E-state index contributed by atoms with van der Waals surface area (Å²) in [4.78, 5) is 0. The fourth-order valence-corrected chi connectivity index (χ4v) is 1.60. The van der Waals surface area contributed by atoms with Crippen LogP contribution in [0.1, 0.15) is 31.4 Å². The van der Waals surface area contributed by atoms with Crippen molar-refractivity contribution < 1.29 is 4.74 Å². The van der Waals surface area contributed by atoms with Crippen molar-refractivity contribution in [3.63, 3.8) is 0 Å². The molecule has 0 heterocycles. The van der Waals surface area contributed by atoms with E-state index < -0.39 is 0 Å². The first-order chi connectivity index (χ1) is 6.81. The first-order valence-electron chi connectivity index (χ1n) is 5.13. The third-order valence-corrected chi connectivity index (χ3v) is 2.44.